The highest BCUT2D eigenvalue weighted by molar-refractivity contribution is 5.22. The molecule has 1 saturated heterocycles. The third kappa shape index (κ3) is 4.65. The van der Waals surface area contributed by atoms with Gasteiger partial charge in [0.15, 0.2) is 0 Å². The van der Waals surface area contributed by atoms with Crippen LogP contribution in [0.5, 0.6) is 0 Å². The van der Waals surface area contributed by atoms with E-state index < -0.39 is 24.2 Å². The van der Waals surface area contributed by atoms with Gasteiger partial charge >= 0.3 is 0 Å². The molecule has 2 unspecified atom stereocenters. The van der Waals surface area contributed by atoms with Gasteiger partial charge in [-0.25, -0.2) is 17.6 Å². The first-order chi connectivity index (χ1) is 10.9. The zero-order chi connectivity index (χ0) is 17.0. The summed E-state index contributed by atoms with van der Waals surface area (Å²) in [5.74, 6) is -1.55. The molecule has 1 heterocycles. The van der Waals surface area contributed by atoms with Gasteiger partial charge in [0.25, 0.3) is 6.43 Å². The molecule has 23 heavy (non-hydrogen) atoms. The van der Waals surface area contributed by atoms with Crippen molar-refractivity contribution in [3.63, 3.8) is 0 Å². The molecule has 0 radical (unpaired) electrons. The van der Waals surface area contributed by atoms with Crippen molar-refractivity contribution in [1.29, 1.82) is 0 Å². The van der Waals surface area contributed by atoms with Crippen LogP contribution in [0.15, 0.2) is 18.2 Å². The van der Waals surface area contributed by atoms with E-state index in [0.29, 0.717) is 26.1 Å². The van der Waals surface area contributed by atoms with Crippen molar-refractivity contribution < 1.29 is 22.7 Å². The van der Waals surface area contributed by atoms with E-state index >= 15 is 0 Å². The summed E-state index contributed by atoms with van der Waals surface area (Å²) in [4.78, 5) is 3.60. The Bertz CT molecular complexity index is 495. The number of alkyl halides is 2. The Morgan fingerprint density at radius 1 is 1.17 bits per heavy atom. The van der Waals surface area contributed by atoms with E-state index in [-0.39, 0.29) is 24.7 Å². The number of halogens is 4. The first kappa shape index (κ1) is 18.2. The molecule has 7 heteroatoms. The van der Waals surface area contributed by atoms with Crippen LogP contribution < -0.4 is 0 Å². The van der Waals surface area contributed by atoms with Crippen molar-refractivity contribution in [2.45, 2.75) is 31.9 Å². The Hall–Kier alpha value is -1.18. The smallest absolute Gasteiger partial charge is 0.251 e. The average Bonchev–Trinajstić information content (AvgIpc) is 2.48. The van der Waals surface area contributed by atoms with E-state index in [4.69, 9.17) is 0 Å². The van der Waals surface area contributed by atoms with Crippen LogP contribution >= 0.6 is 0 Å². The van der Waals surface area contributed by atoms with E-state index in [9.17, 15) is 22.7 Å². The molecule has 1 aromatic carbocycles. The van der Waals surface area contributed by atoms with Gasteiger partial charge in [-0.15, -0.1) is 0 Å². The van der Waals surface area contributed by atoms with Crippen LogP contribution in [0.2, 0.25) is 0 Å². The molecule has 2 atom stereocenters. The summed E-state index contributed by atoms with van der Waals surface area (Å²) in [6.45, 7) is 3.16. The Balaban J connectivity index is 1.99. The third-order valence-corrected chi connectivity index (χ3v) is 4.30. The molecule has 0 saturated carbocycles. The number of rotatable bonds is 6. The van der Waals surface area contributed by atoms with Gasteiger partial charge in [-0.1, -0.05) is 13.0 Å². The van der Waals surface area contributed by atoms with Gasteiger partial charge in [0.05, 0.1) is 18.2 Å². The zero-order valence-corrected chi connectivity index (χ0v) is 13.1. The lowest BCUT2D eigenvalue weighted by molar-refractivity contribution is 0.00398. The molecule has 1 fully saturated rings. The van der Waals surface area contributed by atoms with Gasteiger partial charge in [-0.05, 0) is 18.6 Å². The predicted molar refractivity (Wildman–Crippen MR) is 79.4 cm³/mol. The average molecular weight is 334 g/mol. The van der Waals surface area contributed by atoms with Gasteiger partial charge in [-0.3, -0.25) is 9.80 Å². The SMILES string of the molecule is CCC1CN(CC(O)c2c(F)cccc2F)CCN1CC(F)F. The van der Waals surface area contributed by atoms with Gasteiger partial charge in [0.2, 0.25) is 0 Å². The van der Waals surface area contributed by atoms with Crippen molar-refractivity contribution in [2.75, 3.05) is 32.7 Å². The number of aliphatic hydroxyl groups is 1. The summed E-state index contributed by atoms with van der Waals surface area (Å²) < 4.78 is 52.5. The van der Waals surface area contributed by atoms with E-state index in [2.05, 4.69) is 0 Å². The number of benzene rings is 1. The number of piperazine rings is 1. The quantitative estimate of drug-likeness (QED) is 0.811. The molecule has 2 rings (SSSR count). The van der Waals surface area contributed by atoms with Gasteiger partial charge in [0.1, 0.15) is 11.6 Å². The maximum Gasteiger partial charge on any atom is 0.251 e. The first-order valence-electron chi connectivity index (χ1n) is 7.78. The maximum atomic E-state index is 13.7. The number of hydrogen-bond acceptors (Lipinski definition) is 3. The van der Waals surface area contributed by atoms with Crippen molar-refractivity contribution in [3.05, 3.63) is 35.4 Å². The normalized spacial score (nSPS) is 21.8. The molecule has 3 nitrogen and oxygen atoms in total. The van der Waals surface area contributed by atoms with Crippen LogP contribution in [-0.2, 0) is 0 Å². The topological polar surface area (TPSA) is 26.7 Å². The summed E-state index contributed by atoms with van der Waals surface area (Å²) in [5, 5.41) is 10.1. The van der Waals surface area contributed by atoms with Crippen LogP contribution in [0.25, 0.3) is 0 Å². The lowest BCUT2D eigenvalue weighted by atomic mass is 10.1. The fourth-order valence-electron chi connectivity index (χ4n) is 3.09. The molecule has 130 valence electrons. The minimum Gasteiger partial charge on any atom is -0.387 e. The second-order valence-corrected chi connectivity index (χ2v) is 5.86. The van der Waals surface area contributed by atoms with E-state index in [1.165, 1.54) is 6.07 Å². The minimum absolute atomic E-state index is 0.0459. The molecule has 0 amide bonds. The standard InChI is InChI=1S/C16H22F4N2O/c1-2-11-8-21(6-7-22(11)10-15(19)20)9-14(23)16-12(17)4-3-5-13(16)18/h3-5,11,14-15,23H,2,6-10H2,1H3. The molecule has 0 bridgehead atoms. The highest BCUT2D eigenvalue weighted by Crippen LogP contribution is 2.23. The summed E-state index contributed by atoms with van der Waals surface area (Å²) in [6, 6.07) is 3.42. The summed E-state index contributed by atoms with van der Waals surface area (Å²) in [7, 11) is 0. The molecular formula is C16H22F4N2O. The third-order valence-electron chi connectivity index (χ3n) is 4.30. The molecule has 0 aromatic heterocycles. The lowest BCUT2D eigenvalue weighted by Crippen LogP contribution is -2.54. The fourth-order valence-corrected chi connectivity index (χ4v) is 3.09. The largest absolute Gasteiger partial charge is 0.387 e. The van der Waals surface area contributed by atoms with Crippen LogP contribution in [0.3, 0.4) is 0 Å². The zero-order valence-electron chi connectivity index (χ0n) is 13.1. The van der Waals surface area contributed by atoms with Gasteiger partial charge in [0, 0.05) is 32.2 Å². The molecule has 0 aliphatic carbocycles. The highest BCUT2D eigenvalue weighted by Gasteiger charge is 2.29. The van der Waals surface area contributed by atoms with Crippen LogP contribution in [0.1, 0.15) is 25.0 Å². The van der Waals surface area contributed by atoms with Gasteiger partial charge in [-0.2, -0.15) is 0 Å². The van der Waals surface area contributed by atoms with Gasteiger partial charge < -0.3 is 5.11 Å². The number of hydrogen-bond donors (Lipinski definition) is 1. The maximum absolute atomic E-state index is 13.7. The van der Waals surface area contributed by atoms with Crippen LogP contribution in [0, 0.1) is 11.6 Å². The van der Waals surface area contributed by atoms with E-state index in [1.807, 2.05) is 11.8 Å². The summed E-state index contributed by atoms with van der Waals surface area (Å²) >= 11 is 0. The van der Waals surface area contributed by atoms with Crippen molar-refractivity contribution in [2.24, 2.45) is 0 Å². The summed E-state index contributed by atoms with van der Waals surface area (Å²) in [6.07, 6.45) is -2.96. The minimum atomic E-state index is -2.38. The Morgan fingerprint density at radius 3 is 2.39 bits per heavy atom. The number of nitrogens with zero attached hydrogens (tertiary/aromatic N) is 2. The predicted octanol–water partition coefficient (Wildman–Crippen LogP) is 2.66. The fraction of sp³-hybridized carbons (Fsp3) is 0.625. The molecule has 1 aliphatic heterocycles. The molecule has 0 spiro atoms. The second kappa shape index (κ2) is 8.08. The van der Waals surface area contributed by atoms with Crippen LogP contribution in [0.4, 0.5) is 17.6 Å². The van der Waals surface area contributed by atoms with E-state index in [0.717, 1.165) is 12.1 Å². The van der Waals surface area contributed by atoms with Crippen molar-refractivity contribution in [1.82, 2.24) is 9.80 Å². The monoisotopic (exact) mass is 334 g/mol. The highest BCUT2D eigenvalue weighted by atomic mass is 19.3. The number of aliphatic hydroxyl groups excluding tert-OH is 1. The first-order valence-corrected chi connectivity index (χ1v) is 7.78. The van der Waals surface area contributed by atoms with E-state index in [1.54, 1.807) is 4.90 Å². The lowest BCUT2D eigenvalue weighted by Gasteiger charge is -2.41. The van der Waals surface area contributed by atoms with Crippen molar-refractivity contribution >= 4 is 0 Å². The molecule has 1 aromatic rings. The Morgan fingerprint density at radius 2 is 1.83 bits per heavy atom. The van der Waals surface area contributed by atoms with Crippen molar-refractivity contribution in [3.8, 4) is 0 Å². The molecular weight excluding hydrogens is 312 g/mol. The number of β-amino-alcohol motifs (C(OH)–C–C–N with tert-alkyl or cyclic N) is 1. The second-order valence-electron chi connectivity index (χ2n) is 5.86. The Labute approximate surface area is 133 Å². The van der Waals surface area contributed by atoms with Crippen LogP contribution in [-0.4, -0.2) is 60.1 Å². The summed E-state index contributed by atoms with van der Waals surface area (Å²) in [5.41, 5.74) is -0.337. The Kier molecular flexibility index (Phi) is 6.38. The molecule has 1 N–H and O–H groups in total. The molecule has 1 aliphatic rings.